The van der Waals surface area contributed by atoms with Crippen molar-refractivity contribution in [2.75, 3.05) is 0 Å². The number of nitro benzene ring substituents is 1. The summed E-state index contributed by atoms with van der Waals surface area (Å²) in [6.45, 7) is 1.98. The zero-order valence-electron chi connectivity index (χ0n) is 10.0. The largest absolute Gasteiger partial charge is 0.456 e. The number of non-ortho nitro benzene ring substituents is 1. The first-order valence-corrected chi connectivity index (χ1v) is 6.09. The topological polar surface area (TPSA) is 56.3 Å². The molecule has 3 rings (SSSR count). The Labute approximate surface area is 113 Å². The predicted octanol–water partition coefficient (Wildman–Crippen LogP) is 4.53. The second kappa shape index (κ2) is 4.13. The Morgan fingerprint density at radius 2 is 1.89 bits per heavy atom. The third-order valence-corrected chi connectivity index (χ3v) is 3.46. The van der Waals surface area contributed by atoms with Crippen molar-refractivity contribution in [1.29, 1.82) is 0 Å². The van der Waals surface area contributed by atoms with Crippen LogP contribution in [0.15, 0.2) is 40.8 Å². The Morgan fingerprint density at radius 1 is 1.11 bits per heavy atom. The molecule has 19 heavy (non-hydrogen) atoms. The SMILES string of the molecule is Cc1ccc2oc3cc([N+](=O)[O-])ccc3c(=S)c2c1. The van der Waals surface area contributed by atoms with Crippen LogP contribution in [0.5, 0.6) is 0 Å². The first-order valence-electron chi connectivity index (χ1n) is 5.68. The second-order valence-electron chi connectivity index (χ2n) is 4.37. The lowest BCUT2D eigenvalue weighted by Crippen LogP contribution is -1.88. The highest BCUT2D eigenvalue weighted by Crippen LogP contribution is 2.28. The van der Waals surface area contributed by atoms with Crippen LogP contribution >= 0.6 is 12.2 Å². The second-order valence-corrected chi connectivity index (χ2v) is 4.78. The van der Waals surface area contributed by atoms with E-state index < -0.39 is 4.92 Å². The molecule has 0 aliphatic carbocycles. The van der Waals surface area contributed by atoms with E-state index in [2.05, 4.69) is 0 Å². The fourth-order valence-corrected chi connectivity index (χ4v) is 2.40. The lowest BCUT2D eigenvalue weighted by Gasteiger charge is -2.03. The summed E-state index contributed by atoms with van der Waals surface area (Å²) in [6, 6.07) is 10.2. The Morgan fingerprint density at radius 3 is 2.63 bits per heavy atom. The zero-order valence-corrected chi connectivity index (χ0v) is 10.9. The molecule has 5 heteroatoms. The third-order valence-electron chi connectivity index (χ3n) is 3.02. The first-order chi connectivity index (χ1) is 9.06. The van der Waals surface area contributed by atoms with Gasteiger partial charge >= 0.3 is 0 Å². The number of nitrogens with zero attached hydrogens (tertiary/aromatic N) is 1. The van der Waals surface area contributed by atoms with Gasteiger partial charge in [-0.2, -0.15) is 0 Å². The summed E-state index contributed by atoms with van der Waals surface area (Å²) in [4.78, 5) is 10.3. The number of hydrogen-bond acceptors (Lipinski definition) is 4. The van der Waals surface area contributed by atoms with E-state index in [4.69, 9.17) is 16.6 Å². The molecule has 0 atom stereocenters. The Bertz CT molecular complexity index is 883. The van der Waals surface area contributed by atoms with Crippen molar-refractivity contribution in [1.82, 2.24) is 0 Å². The molecular formula is C14H9NO3S. The van der Waals surface area contributed by atoms with E-state index in [1.807, 2.05) is 25.1 Å². The molecule has 0 fully saturated rings. The minimum absolute atomic E-state index is 0.00267. The maximum atomic E-state index is 10.8. The van der Waals surface area contributed by atoms with Gasteiger partial charge in [-0.15, -0.1) is 0 Å². The molecule has 94 valence electrons. The fourth-order valence-electron chi connectivity index (χ4n) is 2.07. The number of nitro groups is 1. The van der Waals surface area contributed by atoms with Crippen molar-refractivity contribution in [3.05, 3.63) is 56.6 Å². The van der Waals surface area contributed by atoms with E-state index >= 15 is 0 Å². The molecule has 0 spiro atoms. The molecule has 0 saturated heterocycles. The first kappa shape index (κ1) is 11.8. The zero-order chi connectivity index (χ0) is 13.6. The fraction of sp³-hybridized carbons (Fsp3) is 0.0714. The molecule has 1 heterocycles. The average Bonchev–Trinajstić information content (AvgIpc) is 2.39. The van der Waals surface area contributed by atoms with Crippen LogP contribution in [0.4, 0.5) is 5.69 Å². The summed E-state index contributed by atoms with van der Waals surface area (Å²) < 4.78 is 6.36. The summed E-state index contributed by atoms with van der Waals surface area (Å²) >= 11 is 5.43. The van der Waals surface area contributed by atoms with Gasteiger partial charge in [0.2, 0.25) is 0 Å². The van der Waals surface area contributed by atoms with Gasteiger partial charge in [-0.3, -0.25) is 10.1 Å². The summed E-state index contributed by atoms with van der Waals surface area (Å²) in [5, 5.41) is 12.4. The van der Waals surface area contributed by atoms with Gasteiger partial charge in [-0.1, -0.05) is 23.8 Å². The quantitative estimate of drug-likeness (QED) is 0.282. The summed E-state index contributed by atoms with van der Waals surface area (Å²) in [5.74, 6) is 0. The molecule has 1 aromatic heterocycles. The molecule has 0 N–H and O–H groups in total. The molecule has 0 bridgehead atoms. The van der Waals surface area contributed by atoms with Crippen molar-refractivity contribution in [2.45, 2.75) is 6.92 Å². The molecule has 0 aliphatic heterocycles. The Kier molecular flexibility index (Phi) is 2.57. The van der Waals surface area contributed by atoms with Crippen molar-refractivity contribution in [2.24, 2.45) is 0 Å². The molecule has 0 aliphatic rings. The molecule has 2 aromatic carbocycles. The van der Waals surface area contributed by atoms with Gasteiger partial charge in [0.15, 0.2) is 0 Å². The number of aryl methyl sites for hydroxylation is 1. The Balaban J connectivity index is 2.46. The van der Waals surface area contributed by atoms with Gasteiger partial charge < -0.3 is 4.42 Å². The molecule has 0 unspecified atom stereocenters. The van der Waals surface area contributed by atoms with E-state index in [9.17, 15) is 10.1 Å². The standard InChI is InChI=1S/C14H9NO3S/c1-8-2-5-12-11(6-8)14(19)10-4-3-9(15(16)17)7-13(10)18-12/h2-7H,1H3. The van der Waals surface area contributed by atoms with E-state index in [1.54, 1.807) is 6.07 Å². The van der Waals surface area contributed by atoms with Crippen LogP contribution in [-0.4, -0.2) is 4.92 Å². The summed E-state index contributed by atoms with van der Waals surface area (Å²) in [6.07, 6.45) is 0. The van der Waals surface area contributed by atoms with Crippen LogP contribution in [0, 0.1) is 21.5 Å². The molecule has 0 amide bonds. The van der Waals surface area contributed by atoms with Crippen LogP contribution in [0.25, 0.3) is 21.9 Å². The number of fused-ring (bicyclic) bond motifs is 2. The van der Waals surface area contributed by atoms with E-state index in [1.165, 1.54) is 12.1 Å². The summed E-state index contributed by atoms with van der Waals surface area (Å²) in [5.41, 5.74) is 2.17. The highest BCUT2D eigenvalue weighted by atomic mass is 32.1. The van der Waals surface area contributed by atoms with E-state index in [0.717, 1.165) is 16.3 Å². The van der Waals surface area contributed by atoms with Gasteiger partial charge in [0.25, 0.3) is 5.69 Å². The van der Waals surface area contributed by atoms with Crippen LogP contribution in [0.1, 0.15) is 5.56 Å². The van der Waals surface area contributed by atoms with Gasteiger partial charge in [0.1, 0.15) is 11.2 Å². The maximum Gasteiger partial charge on any atom is 0.273 e. The molecule has 0 saturated carbocycles. The van der Waals surface area contributed by atoms with Crippen molar-refractivity contribution in [3.63, 3.8) is 0 Å². The highest BCUT2D eigenvalue weighted by molar-refractivity contribution is 7.72. The smallest absolute Gasteiger partial charge is 0.273 e. The molecule has 0 radical (unpaired) electrons. The van der Waals surface area contributed by atoms with Crippen LogP contribution in [0.3, 0.4) is 0 Å². The van der Waals surface area contributed by atoms with Crippen molar-refractivity contribution >= 4 is 39.8 Å². The van der Waals surface area contributed by atoms with Gasteiger partial charge in [-0.25, -0.2) is 0 Å². The highest BCUT2D eigenvalue weighted by Gasteiger charge is 2.10. The predicted molar refractivity (Wildman–Crippen MR) is 75.9 cm³/mol. The normalized spacial score (nSPS) is 11.0. The van der Waals surface area contributed by atoms with Crippen molar-refractivity contribution in [3.8, 4) is 0 Å². The van der Waals surface area contributed by atoms with E-state index in [0.29, 0.717) is 15.7 Å². The Hall–Kier alpha value is -2.27. The number of benzene rings is 2. The minimum atomic E-state index is -0.447. The van der Waals surface area contributed by atoms with Crippen molar-refractivity contribution < 1.29 is 9.34 Å². The maximum absolute atomic E-state index is 10.8. The van der Waals surface area contributed by atoms with Crippen LogP contribution in [0.2, 0.25) is 0 Å². The molecule has 3 aromatic rings. The number of rotatable bonds is 1. The third kappa shape index (κ3) is 1.88. The number of hydrogen-bond donors (Lipinski definition) is 0. The lowest BCUT2D eigenvalue weighted by molar-refractivity contribution is -0.384. The van der Waals surface area contributed by atoms with Gasteiger partial charge in [0.05, 0.1) is 15.5 Å². The molecule has 4 nitrogen and oxygen atoms in total. The van der Waals surface area contributed by atoms with Gasteiger partial charge in [-0.05, 0) is 25.1 Å². The summed E-state index contributed by atoms with van der Waals surface area (Å²) in [7, 11) is 0. The van der Waals surface area contributed by atoms with Gasteiger partial charge in [0, 0.05) is 16.8 Å². The van der Waals surface area contributed by atoms with E-state index in [-0.39, 0.29) is 5.69 Å². The van der Waals surface area contributed by atoms with Crippen LogP contribution in [-0.2, 0) is 0 Å². The lowest BCUT2D eigenvalue weighted by atomic mass is 10.1. The van der Waals surface area contributed by atoms with Crippen LogP contribution < -0.4 is 0 Å². The monoisotopic (exact) mass is 271 g/mol. The molecular weight excluding hydrogens is 262 g/mol. The minimum Gasteiger partial charge on any atom is -0.456 e. The average molecular weight is 271 g/mol.